The lowest BCUT2D eigenvalue weighted by Crippen LogP contribution is -2.29. The summed E-state index contributed by atoms with van der Waals surface area (Å²) in [7, 11) is -4.60. The van der Waals surface area contributed by atoms with E-state index in [2.05, 4.69) is 30.5 Å². The highest BCUT2D eigenvalue weighted by Crippen LogP contribution is 2.43. The first kappa shape index (κ1) is 43.7. The van der Waals surface area contributed by atoms with Crippen LogP contribution in [0.15, 0.2) is 12.2 Å². The first-order valence-corrected chi connectivity index (χ1v) is 19.1. The Hall–Kier alpha value is -1.29. The third-order valence-electron chi connectivity index (χ3n) is 7.42. The summed E-state index contributed by atoms with van der Waals surface area (Å²) >= 11 is 0. The van der Waals surface area contributed by atoms with E-state index in [9.17, 15) is 24.2 Å². The Morgan fingerprint density at radius 2 is 1.09 bits per heavy atom. The van der Waals surface area contributed by atoms with E-state index in [-0.39, 0.29) is 19.4 Å². The first-order valence-electron chi connectivity index (χ1n) is 17.6. The van der Waals surface area contributed by atoms with Gasteiger partial charge in [0.2, 0.25) is 0 Å². The molecular weight excluding hydrogens is 599 g/mol. The summed E-state index contributed by atoms with van der Waals surface area (Å²) < 4.78 is 32.4. The van der Waals surface area contributed by atoms with Crippen LogP contribution in [0.25, 0.3) is 0 Å². The number of ether oxygens (including phenoxy) is 2. The van der Waals surface area contributed by atoms with Gasteiger partial charge in [0.05, 0.1) is 19.8 Å². The number of esters is 2. The first-order chi connectivity index (χ1) is 21.7. The van der Waals surface area contributed by atoms with Crippen LogP contribution in [0.5, 0.6) is 0 Å². The predicted octanol–water partition coefficient (Wildman–Crippen LogP) is 8.11. The Morgan fingerprint density at radius 1 is 0.644 bits per heavy atom. The highest BCUT2D eigenvalue weighted by Gasteiger charge is 2.27. The lowest BCUT2D eigenvalue weighted by Gasteiger charge is -2.20. The van der Waals surface area contributed by atoms with Crippen LogP contribution in [0.3, 0.4) is 0 Å². The molecule has 0 aliphatic rings. The van der Waals surface area contributed by atoms with Gasteiger partial charge in [0.1, 0.15) is 12.7 Å². The van der Waals surface area contributed by atoms with Crippen LogP contribution in [0, 0.1) is 0 Å². The summed E-state index contributed by atoms with van der Waals surface area (Å²) in [4.78, 5) is 34.6. The van der Waals surface area contributed by atoms with E-state index in [0.717, 1.165) is 57.8 Å². The van der Waals surface area contributed by atoms with Crippen LogP contribution >= 0.6 is 7.82 Å². The summed E-state index contributed by atoms with van der Waals surface area (Å²) in [6, 6.07) is 0. The third kappa shape index (κ3) is 31.1. The number of carbonyl (C=O) groups is 2. The van der Waals surface area contributed by atoms with Crippen LogP contribution in [0.1, 0.15) is 155 Å². The molecule has 0 aromatic heterocycles. The van der Waals surface area contributed by atoms with Crippen molar-refractivity contribution in [2.24, 2.45) is 0 Å². The fourth-order valence-electron chi connectivity index (χ4n) is 4.63. The molecule has 10 nitrogen and oxygen atoms in total. The quantitative estimate of drug-likeness (QED) is 0.0272. The fourth-order valence-corrected chi connectivity index (χ4v) is 5.42. The van der Waals surface area contributed by atoms with Gasteiger partial charge in [0, 0.05) is 12.8 Å². The van der Waals surface area contributed by atoms with Crippen molar-refractivity contribution in [3.63, 3.8) is 0 Å². The van der Waals surface area contributed by atoms with Gasteiger partial charge >= 0.3 is 19.8 Å². The highest BCUT2D eigenvalue weighted by molar-refractivity contribution is 7.47. The zero-order chi connectivity index (χ0) is 33.4. The monoisotopic (exact) mass is 664 g/mol. The maximum Gasteiger partial charge on any atom is 0.472 e. The van der Waals surface area contributed by atoms with E-state index in [1.807, 2.05) is 0 Å². The lowest BCUT2D eigenvalue weighted by molar-refractivity contribution is -0.161. The van der Waals surface area contributed by atoms with Crippen LogP contribution in [-0.2, 0) is 32.7 Å². The van der Waals surface area contributed by atoms with Crippen molar-refractivity contribution in [3.8, 4) is 0 Å². The average Bonchev–Trinajstić information content (AvgIpc) is 3.02. The Morgan fingerprint density at radius 3 is 1.60 bits per heavy atom. The molecule has 0 aromatic rings. The molecule has 0 radical (unpaired) electrons. The second kappa shape index (κ2) is 31.3. The minimum atomic E-state index is -4.60. The van der Waals surface area contributed by atoms with Crippen molar-refractivity contribution in [3.05, 3.63) is 12.2 Å². The van der Waals surface area contributed by atoms with E-state index in [4.69, 9.17) is 19.1 Å². The summed E-state index contributed by atoms with van der Waals surface area (Å²) in [6.07, 6.45) is 24.8. The molecule has 45 heavy (non-hydrogen) atoms. The summed E-state index contributed by atoms with van der Waals surface area (Å²) in [6.45, 7) is 2.30. The Bertz CT molecular complexity index is 776. The predicted molar refractivity (Wildman–Crippen MR) is 178 cm³/mol. The molecule has 0 aliphatic carbocycles. The third-order valence-corrected chi connectivity index (χ3v) is 8.37. The molecule has 3 unspecified atom stereocenters. The molecule has 0 aromatic carbocycles. The number of carbonyl (C=O) groups excluding carboxylic acids is 2. The minimum Gasteiger partial charge on any atom is -0.462 e. The van der Waals surface area contributed by atoms with Crippen molar-refractivity contribution in [2.45, 2.75) is 167 Å². The van der Waals surface area contributed by atoms with Crippen molar-refractivity contribution in [2.75, 3.05) is 26.4 Å². The van der Waals surface area contributed by atoms with E-state index >= 15 is 0 Å². The van der Waals surface area contributed by atoms with Crippen molar-refractivity contribution < 1.29 is 47.8 Å². The molecule has 0 heterocycles. The molecule has 0 rings (SSSR count). The van der Waals surface area contributed by atoms with Crippen LogP contribution in [0.4, 0.5) is 0 Å². The second-order valence-electron chi connectivity index (χ2n) is 11.9. The van der Waals surface area contributed by atoms with Gasteiger partial charge in [-0.2, -0.15) is 0 Å². The normalized spacial score (nSPS) is 14.3. The van der Waals surface area contributed by atoms with Gasteiger partial charge in [-0.3, -0.25) is 18.6 Å². The minimum absolute atomic E-state index is 0.177. The van der Waals surface area contributed by atoms with E-state index in [1.54, 1.807) is 0 Å². The molecule has 11 heteroatoms. The van der Waals surface area contributed by atoms with E-state index in [0.29, 0.717) is 12.8 Å². The van der Waals surface area contributed by atoms with Gasteiger partial charge in [-0.1, -0.05) is 116 Å². The number of aliphatic hydroxyl groups excluding tert-OH is 2. The largest absolute Gasteiger partial charge is 0.472 e. The fraction of sp³-hybridized carbons (Fsp3) is 0.882. The number of phosphoric ester groups is 1. The Labute approximate surface area is 273 Å². The topological polar surface area (TPSA) is 149 Å². The molecular formula is C34H65O10P. The molecule has 0 bridgehead atoms. The van der Waals surface area contributed by atoms with Crippen LogP contribution in [0.2, 0.25) is 0 Å². The van der Waals surface area contributed by atoms with E-state index < -0.39 is 51.8 Å². The maximum absolute atomic E-state index is 12.5. The lowest BCUT2D eigenvalue weighted by atomic mass is 10.1. The standard InChI is InChI=1S/C34H65O10P/c1-3-5-7-9-11-13-14-15-16-17-18-20-22-24-26-34(38)44-32(30-43-45(39,40)42-28-31(36)27-35)29-41-33(37)25-23-21-19-12-10-8-6-4-2/h14-15,31-32,35-36H,3-13,16-30H2,1-2H3,(H,39,40)/b15-14-. The Kier molecular flexibility index (Phi) is 30.4. The van der Waals surface area contributed by atoms with Gasteiger partial charge < -0.3 is 24.6 Å². The molecule has 0 saturated heterocycles. The van der Waals surface area contributed by atoms with Crippen molar-refractivity contribution in [1.82, 2.24) is 0 Å². The molecule has 0 saturated carbocycles. The number of hydrogen-bond donors (Lipinski definition) is 3. The maximum atomic E-state index is 12.5. The average molecular weight is 665 g/mol. The Balaban J connectivity index is 4.40. The van der Waals surface area contributed by atoms with E-state index in [1.165, 1.54) is 57.8 Å². The van der Waals surface area contributed by atoms with Gasteiger partial charge in [0.25, 0.3) is 0 Å². The molecule has 3 N–H and O–H groups in total. The molecule has 266 valence electrons. The smallest absolute Gasteiger partial charge is 0.462 e. The summed E-state index contributed by atoms with van der Waals surface area (Å²) in [5.74, 6) is -0.938. The molecule has 0 fully saturated rings. The zero-order valence-corrected chi connectivity index (χ0v) is 29.2. The number of hydrogen-bond acceptors (Lipinski definition) is 9. The summed E-state index contributed by atoms with van der Waals surface area (Å²) in [5, 5.41) is 18.2. The number of unbranched alkanes of at least 4 members (excludes halogenated alkanes) is 17. The van der Waals surface area contributed by atoms with Crippen LogP contribution in [-0.4, -0.2) is 65.7 Å². The van der Waals surface area contributed by atoms with Crippen molar-refractivity contribution in [1.29, 1.82) is 0 Å². The van der Waals surface area contributed by atoms with Gasteiger partial charge in [0.15, 0.2) is 6.10 Å². The number of aliphatic hydroxyl groups is 2. The molecule has 0 spiro atoms. The molecule has 0 amide bonds. The number of rotatable bonds is 33. The van der Waals surface area contributed by atoms with Gasteiger partial charge in [-0.05, 0) is 38.5 Å². The molecule has 0 aliphatic heterocycles. The summed E-state index contributed by atoms with van der Waals surface area (Å²) in [5.41, 5.74) is 0. The number of phosphoric acid groups is 1. The number of allylic oxidation sites excluding steroid dienone is 2. The molecule has 3 atom stereocenters. The zero-order valence-electron chi connectivity index (χ0n) is 28.3. The van der Waals surface area contributed by atoms with Gasteiger partial charge in [-0.25, -0.2) is 4.57 Å². The van der Waals surface area contributed by atoms with Crippen molar-refractivity contribution >= 4 is 19.8 Å². The van der Waals surface area contributed by atoms with Crippen LogP contribution < -0.4 is 0 Å². The highest BCUT2D eigenvalue weighted by atomic mass is 31.2. The SMILES string of the molecule is CCCCCCC/C=C\CCCCCCCC(=O)OC(COC(=O)CCCCCCCCCC)COP(=O)(O)OCC(O)CO. The van der Waals surface area contributed by atoms with Gasteiger partial charge in [-0.15, -0.1) is 0 Å². The second-order valence-corrected chi connectivity index (χ2v) is 13.4.